The third-order valence-electron chi connectivity index (χ3n) is 2.77. The van der Waals surface area contributed by atoms with Crippen molar-refractivity contribution in [2.24, 2.45) is 0 Å². The highest BCUT2D eigenvalue weighted by atomic mass is 16.6. The second-order valence-corrected chi connectivity index (χ2v) is 5.49. The van der Waals surface area contributed by atoms with Crippen LogP contribution in [0.1, 0.15) is 45.3 Å². The van der Waals surface area contributed by atoms with Crippen LogP contribution in [0, 0.1) is 0 Å². The number of rotatable bonds is 1. The fourth-order valence-electron chi connectivity index (χ4n) is 2.07. The molecule has 2 heterocycles. The van der Waals surface area contributed by atoms with E-state index in [9.17, 15) is 4.79 Å². The molecule has 0 radical (unpaired) electrons. The monoisotopic (exact) mass is 253 g/mol. The maximum Gasteiger partial charge on any atom is 0.410 e. The summed E-state index contributed by atoms with van der Waals surface area (Å²) in [6.07, 6.45) is 1.47. The first kappa shape index (κ1) is 12.7. The SMILES string of the molecule is CC(C)(C)OC(=O)N1CCC[C@@H]1c1cc(N)on1. The van der Waals surface area contributed by atoms with Gasteiger partial charge in [-0.15, -0.1) is 0 Å². The van der Waals surface area contributed by atoms with Crippen LogP contribution in [-0.4, -0.2) is 28.3 Å². The first-order chi connectivity index (χ1) is 8.37. The number of carbonyl (C=O) groups excluding carboxylic acids is 1. The van der Waals surface area contributed by atoms with Gasteiger partial charge in [0.15, 0.2) is 0 Å². The predicted octanol–water partition coefficient (Wildman–Crippen LogP) is 2.33. The number of ether oxygens (including phenoxy) is 1. The molecular formula is C12H19N3O3. The maximum absolute atomic E-state index is 12.1. The summed E-state index contributed by atoms with van der Waals surface area (Å²) in [7, 11) is 0. The van der Waals surface area contributed by atoms with E-state index in [1.165, 1.54) is 0 Å². The summed E-state index contributed by atoms with van der Waals surface area (Å²) in [6, 6.07) is 1.56. The molecule has 0 spiro atoms. The van der Waals surface area contributed by atoms with Crippen molar-refractivity contribution in [2.45, 2.75) is 45.3 Å². The van der Waals surface area contributed by atoms with Crippen LogP contribution in [0.2, 0.25) is 0 Å². The fourth-order valence-corrected chi connectivity index (χ4v) is 2.07. The van der Waals surface area contributed by atoms with Crippen LogP contribution in [0.15, 0.2) is 10.6 Å². The quantitative estimate of drug-likeness (QED) is 0.830. The minimum atomic E-state index is -0.493. The second kappa shape index (κ2) is 4.51. The molecule has 0 bridgehead atoms. The lowest BCUT2D eigenvalue weighted by Gasteiger charge is -2.27. The van der Waals surface area contributed by atoms with Crippen LogP contribution in [0.4, 0.5) is 10.7 Å². The van der Waals surface area contributed by atoms with Crippen LogP contribution in [0.25, 0.3) is 0 Å². The highest BCUT2D eigenvalue weighted by Crippen LogP contribution is 2.33. The maximum atomic E-state index is 12.1. The Labute approximate surface area is 106 Å². The van der Waals surface area contributed by atoms with Crippen molar-refractivity contribution in [1.29, 1.82) is 0 Å². The Morgan fingerprint density at radius 2 is 2.33 bits per heavy atom. The van der Waals surface area contributed by atoms with E-state index in [2.05, 4.69) is 5.16 Å². The number of carbonyl (C=O) groups is 1. The number of hydrogen-bond acceptors (Lipinski definition) is 5. The van der Waals surface area contributed by atoms with Gasteiger partial charge in [0.05, 0.1) is 6.04 Å². The molecule has 1 aliphatic rings. The number of anilines is 1. The van der Waals surface area contributed by atoms with E-state index in [1.54, 1.807) is 11.0 Å². The zero-order valence-electron chi connectivity index (χ0n) is 11.0. The lowest BCUT2D eigenvalue weighted by Crippen LogP contribution is -2.36. The summed E-state index contributed by atoms with van der Waals surface area (Å²) in [5.74, 6) is 0.265. The minimum Gasteiger partial charge on any atom is -0.444 e. The van der Waals surface area contributed by atoms with Crippen molar-refractivity contribution < 1.29 is 14.1 Å². The molecule has 0 aliphatic carbocycles. The van der Waals surface area contributed by atoms with Crippen molar-refractivity contribution in [3.05, 3.63) is 11.8 Å². The molecule has 1 aromatic heterocycles. The standard InChI is InChI=1S/C12H19N3O3/c1-12(2,3)17-11(16)15-6-4-5-9(15)8-7-10(13)18-14-8/h7,9H,4-6,13H2,1-3H3/t9-/m1/s1. The van der Waals surface area contributed by atoms with Crippen LogP contribution < -0.4 is 5.73 Å². The summed E-state index contributed by atoms with van der Waals surface area (Å²) < 4.78 is 10.2. The van der Waals surface area contributed by atoms with Gasteiger partial charge in [0.1, 0.15) is 11.3 Å². The van der Waals surface area contributed by atoms with Crippen LogP contribution >= 0.6 is 0 Å². The molecule has 18 heavy (non-hydrogen) atoms. The van der Waals surface area contributed by atoms with E-state index in [0.29, 0.717) is 12.2 Å². The lowest BCUT2D eigenvalue weighted by atomic mass is 10.1. The molecule has 6 heteroatoms. The molecule has 0 unspecified atom stereocenters. The molecule has 2 rings (SSSR count). The number of aromatic nitrogens is 1. The largest absolute Gasteiger partial charge is 0.444 e. The Morgan fingerprint density at radius 3 is 2.89 bits per heavy atom. The van der Waals surface area contributed by atoms with Gasteiger partial charge >= 0.3 is 6.09 Å². The van der Waals surface area contributed by atoms with E-state index in [1.807, 2.05) is 20.8 Å². The van der Waals surface area contributed by atoms with Gasteiger partial charge in [0.25, 0.3) is 0 Å². The smallest absolute Gasteiger partial charge is 0.410 e. The number of hydrogen-bond donors (Lipinski definition) is 1. The summed E-state index contributed by atoms with van der Waals surface area (Å²) in [4.78, 5) is 13.7. The predicted molar refractivity (Wildman–Crippen MR) is 65.8 cm³/mol. The number of nitrogen functional groups attached to an aromatic ring is 1. The summed E-state index contributed by atoms with van der Waals surface area (Å²) in [5.41, 5.74) is 5.70. The molecule has 1 aliphatic heterocycles. The number of nitrogens with zero attached hydrogens (tertiary/aromatic N) is 2. The fraction of sp³-hybridized carbons (Fsp3) is 0.667. The van der Waals surface area contributed by atoms with Gasteiger partial charge in [-0.2, -0.15) is 0 Å². The molecule has 1 aromatic rings. The van der Waals surface area contributed by atoms with E-state index in [-0.39, 0.29) is 18.0 Å². The molecule has 6 nitrogen and oxygen atoms in total. The van der Waals surface area contributed by atoms with Gasteiger partial charge < -0.3 is 15.0 Å². The summed E-state index contributed by atoms with van der Waals surface area (Å²) in [6.45, 7) is 6.23. The van der Waals surface area contributed by atoms with Gasteiger partial charge in [0, 0.05) is 12.6 Å². The number of amides is 1. The van der Waals surface area contributed by atoms with E-state index >= 15 is 0 Å². The molecule has 100 valence electrons. The van der Waals surface area contributed by atoms with Gasteiger partial charge in [0.2, 0.25) is 5.88 Å². The summed E-state index contributed by atoms with van der Waals surface area (Å²) >= 11 is 0. The third kappa shape index (κ3) is 2.75. The molecule has 1 fully saturated rings. The first-order valence-electron chi connectivity index (χ1n) is 6.08. The Hall–Kier alpha value is -1.72. The van der Waals surface area contributed by atoms with E-state index in [0.717, 1.165) is 12.8 Å². The first-order valence-corrected chi connectivity index (χ1v) is 6.08. The average Bonchev–Trinajstić information content (AvgIpc) is 2.81. The van der Waals surface area contributed by atoms with Gasteiger partial charge in [-0.3, -0.25) is 4.90 Å². The Kier molecular flexibility index (Phi) is 3.19. The van der Waals surface area contributed by atoms with Crippen LogP contribution in [0.5, 0.6) is 0 Å². The molecule has 1 atom stereocenters. The van der Waals surface area contributed by atoms with Gasteiger partial charge in [-0.05, 0) is 33.6 Å². The summed E-state index contributed by atoms with van der Waals surface area (Å²) in [5, 5.41) is 3.88. The Bertz CT molecular complexity index is 436. The topological polar surface area (TPSA) is 81.6 Å². The van der Waals surface area contributed by atoms with Gasteiger partial charge in [-0.25, -0.2) is 4.79 Å². The zero-order valence-corrected chi connectivity index (χ0v) is 11.0. The zero-order chi connectivity index (χ0) is 13.3. The normalized spacial score (nSPS) is 20.2. The molecule has 2 N–H and O–H groups in total. The van der Waals surface area contributed by atoms with Crippen molar-refractivity contribution in [3.8, 4) is 0 Å². The van der Waals surface area contributed by atoms with Crippen LogP contribution in [0.3, 0.4) is 0 Å². The third-order valence-corrected chi connectivity index (χ3v) is 2.77. The van der Waals surface area contributed by atoms with Crippen molar-refractivity contribution in [2.75, 3.05) is 12.3 Å². The molecule has 1 saturated heterocycles. The highest BCUT2D eigenvalue weighted by Gasteiger charge is 2.34. The number of likely N-dealkylation sites (tertiary alicyclic amines) is 1. The Morgan fingerprint density at radius 1 is 1.61 bits per heavy atom. The molecule has 1 amide bonds. The lowest BCUT2D eigenvalue weighted by molar-refractivity contribution is 0.0219. The Balaban J connectivity index is 2.10. The average molecular weight is 253 g/mol. The van der Waals surface area contributed by atoms with Crippen LogP contribution in [-0.2, 0) is 4.74 Å². The van der Waals surface area contributed by atoms with Crippen molar-refractivity contribution in [3.63, 3.8) is 0 Å². The highest BCUT2D eigenvalue weighted by molar-refractivity contribution is 5.69. The van der Waals surface area contributed by atoms with Crippen molar-refractivity contribution >= 4 is 12.0 Å². The second-order valence-electron chi connectivity index (χ2n) is 5.49. The number of nitrogens with two attached hydrogens (primary N) is 1. The minimum absolute atomic E-state index is 0.0964. The van der Waals surface area contributed by atoms with Crippen molar-refractivity contribution in [1.82, 2.24) is 10.1 Å². The molecule has 0 aromatic carbocycles. The van der Waals surface area contributed by atoms with E-state index in [4.69, 9.17) is 15.0 Å². The molecular weight excluding hydrogens is 234 g/mol. The molecule has 0 saturated carbocycles. The van der Waals surface area contributed by atoms with Gasteiger partial charge in [-0.1, -0.05) is 5.16 Å². The van der Waals surface area contributed by atoms with E-state index < -0.39 is 5.60 Å².